The van der Waals surface area contributed by atoms with Gasteiger partial charge >= 0.3 is 0 Å². The lowest BCUT2D eigenvalue weighted by Crippen LogP contribution is -1.93. The maximum atomic E-state index is 2.42. The van der Waals surface area contributed by atoms with Crippen molar-refractivity contribution >= 4 is 0 Å². The van der Waals surface area contributed by atoms with E-state index in [0.29, 0.717) is 0 Å². The maximum Gasteiger partial charge on any atom is -0.0351 e. The van der Waals surface area contributed by atoms with Crippen LogP contribution in [0.4, 0.5) is 0 Å². The lowest BCUT2D eigenvalue weighted by molar-refractivity contribution is 0.450. The second-order valence-corrected chi connectivity index (χ2v) is 6.53. The standard InChI is InChI=1S/C20H40/c1-4-6-7-8-9-10-11-12-13-14-15-16-17-19-20(3)18-5-2/h6-7,20H,4-5,8-19H2,1-3H3. The highest BCUT2D eigenvalue weighted by Gasteiger charge is 1.99. The smallest absolute Gasteiger partial charge is 0.0351 e. The minimum Gasteiger partial charge on any atom is -0.0888 e. The van der Waals surface area contributed by atoms with E-state index in [-0.39, 0.29) is 0 Å². The fourth-order valence-corrected chi connectivity index (χ4v) is 2.91. The van der Waals surface area contributed by atoms with Gasteiger partial charge in [0.2, 0.25) is 0 Å². The first kappa shape index (κ1) is 19.7. The quantitative estimate of drug-likeness (QED) is 0.213. The van der Waals surface area contributed by atoms with Gasteiger partial charge in [0.05, 0.1) is 0 Å². The molecule has 0 spiro atoms. The number of hydrogen-bond donors (Lipinski definition) is 0. The van der Waals surface area contributed by atoms with Gasteiger partial charge in [-0.3, -0.25) is 0 Å². The van der Waals surface area contributed by atoms with E-state index in [1.165, 1.54) is 89.9 Å². The largest absolute Gasteiger partial charge is 0.0888 e. The Morgan fingerprint density at radius 2 is 1.20 bits per heavy atom. The van der Waals surface area contributed by atoms with Gasteiger partial charge in [0.25, 0.3) is 0 Å². The topological polar surface area (TPSA) is 0 Å². The van der Waals surface area contributed by atoms with Gasteiger partial charge < -0.3 is 0 Å². The van der Waals surface area contributed by atoms with Crippen LogP contribution in [0.5, 0.6) is 0 Å². The molecule has 0 aliphatic carbocycles. The second kappa shape index (κ2) is 16.8. The number of unbranched alkanes of at least 4 members (excludes halogenated alkanes) is 9. The predicted molar refractivity (Wildman–Crippen MR) is 94.3 cm³/mol. The van der Waals surface area contributed by atoms with Crippen molar-refractivity contribution in [1.29, 1.82) is 0 Å². The Kier molecular flexibility index (Phi) is 16.6. The lowest BCUT2D eigenvalue weighted by atomic mass is 9.98. The fourth-order valence-electron chi connectivity index (χ4n) is 2.91. The third-order valence-corrected chi connectivity index (χ3v) is 4.25. The van der Waals surface area contributed by atoms with E-state index in [1.54, 1.807) is 0 Å². The van der Waals surface area contributed by atoms with Gasteiger partial charge in [0, 0.05) is 0 Å². The van der Waals surface area contributed by atoms with E-state index in [0.717, 1.165) is 5.92 Å². The Morgan fingerprint density at radius 1 is 0.650 bits per heavy atom. The summed E-state index contributed by atoms with van der Waals surface area (Å²) in [5.74, 6) is 0.960. The lowest BCUT2D eigenvalue weighted by Gasteiger charge is -2.09. The molecule has 0 fully saturated rings. The van der Waals surface area contributed by atoms with E-state index in [9.17, 15) is 0 Å². The minimum atomic E-state index is 0.960. The van der Waals surface area contributed by atoms with Crippen LogP contribution in [0.25, 0.3) is 0 Å². The van der Waals surface area contributed by atoms with Crippen LogP contribution in [0.1, 0.15) is 111 Å². The average molecular weight is 281 g/mol. The van der Waals surface area contributed by atoms with E-state index in [1.807, 2.05) is 0 Å². The Balaban J connectivity index is 3.04. The van der Waals surface area contributed by atoms with Crippen molar-refractivity contribution in [3.05, 3.63) is 12.2 Å². The maximum absolute atomic E-state index is 2.42. The summed E-state index contributed by atoms with van der Waals surface area (Å²) in [6.07, 6.45) is 24.4. The molecule has 0 aliphatic rings. The Bertz CT molecular complexity index is 192. The fraction of sp³-hybridized carbons (Fsp3) is 0.900. The average Bonchev–Trinajstić information content (AvgIpc) is 2.44. The van der Waals surface area contributed by atoms with Gasteiger partial charge in [0.15, 0.2) is 0 Å². The summed E-state index contributed by atoms with van der Waals surface area (Å²) in [5.41, 5.74) is 0. The van der Waals surface area contributed by atoms with Gasteiger partial charge in [-0.15, -0.1) is 0 Å². The first-order valence-electron chi connectivity index (χ1n) is 9.46. The monoisotopic (exact) mass is 280 g/mol. The molecular formula is C20H40. The van der Waals surface area contributed by atoms with Crippen molar-refractivity contribution in [1.82, 2.24) is 0 Å². The van der Waals surface area contributed by atoms with Crippen molar-refractivity contribution in [3.63, 3.8) is 0 Å². The van der Waals surface area contributed by atoms with Crippen molar-refractivity contribution < 1.29 is 0 Å². The summed E-state index contributed by atoms with van der Waals surface area (Å²) in [7, 11) is 0. The summed E-state index contributed by atoms with van der Waals surface area (Å²) in [6.45, 7) is 6.93. The molecule has 0 heteroatoms. The molecule has 0 heterocycles. The van der Waals surface area contributed by atoms with Gasteiger partial charge in [-0.1, -0.05) is 104 Å². The minimum absolute atomic E-state index is 0.960. The molecule has 0 amide bonds. The van der Waals surface area contributed by atoms with E-state index in [4.69, 9.17) is 0 Å². The third-order valence-electron chi connectivity index (χ3n) is 4.25. The van der Waals surface area contributed by atoms with Gasteiger partial charge in [-0.05, 0) is 25.2 Å². The van der Waals surface area contributed by atoms with E-state index in [2.05, 4.69) is 32.9 Å². The zero-order valence-corrected chi connectivity index (χ0v) is 14.6. The molecule has 1 unspecified atom stereocenters. The first-order chi connectivity index (χ1) is 9.81. The first-order valence-corrected chi connectivity index (χ1v) is 9.46. The summed E-state index contributed by atoms with van der Waals surface area (Å²) in [4.78, 5) is 0. The highest BCUT2D eigenvalue weighted by molar-refractivity contribution is 4.79. The molecule has 0 saturated heterocycles. The van der Waals surface area contributed by atoms with Crippen LogP contribution in [0.3, 0.4) is 0 Å². The van der Waals surface area contributed by atoms with E-state index >= 15 is 0 Å². The Labute approximate surface area is 129 Å². The molecule has 0 aliphatic heterocycles. The molecule has 0 aromatic rings. The summed E-state index contributed by atoms with van der Waals surface area (Å²) in [6, 6.07) is 0. The van der Waals surface area contributed by atoms with Crippen LogP contribution >= 0.6 is 0 Å². The van der Waals surface area contributed by atoms with Gasteiger partial charge in [0.1, 0.15) is 0 Å². The molecule has 0 rings (SSSR count). The number of hydrogen-bond acceptors (Lipinski definition) is 0. The van der Waals surface area contributed by atoms with Gasteiger partial charge in [-0.2, -0.15) is 0 Å². The van der Waals surface area contributed by atoms with Crippen molar-refractivity contribution in [2.45, 2.75) is 111 Å². The van der Waals surface area contributed by atoms with Crippen molar-refractivity contribution in [3.8, 4) is 0 Å². The molecule has 120 valence electrons. The highest BCUT2D eigenvalue weighted by atomic mass is 14.1. The zero-order chi connectivity index (χ0) is 14.9. The van der Waals surface area contributed by atoms with Crippen LogP contribution in [-0.2, 0) is 0 Å². The summed E-state index contributed by atoms with van der Waals surface area (Å²) >= 11 is 0. The second-order valence-electron chi connectivity index (χ2n) is 6.53. The van der Waals surface area contributed by atoms with Crippen LogP contribution in [0, 0.1) is 5.92 Å². The highest BCUT2D eigenvalue weighted by Crippen LogP contribution is 2.16. The molecule has 1 atom stereocenters. The summed E-state index contributed by atoms with van der Waals surface area (Å²) in [5, 5.41) is 0. The van der Waals surface area contributed by atoms with Gasteiger partial charge in [-0.25, -0.2) is 0 Å². The molecule has 0 bridgehead atoms. The number of allylic oxidation sites excluding steroid dienone is 2. The summed E-state index contributed by atoms with van der Waals surface area (Å²) < 4.78 is 0. The third kappa shape index (κ3) is 15.8. The van der Waals surface area contributed by atoms with Crippen LogP contribution in [0.2, 0.25) is 0 Å². The molecule has 0 aromatic heterocycles. The molecule has 0 saturated carbocycles. The van der Waals surface area contributed by atoms with Crippen LogP contribution in [-0.4, -0.2) is 0 Å². The normalized spacial score (nSPS) is 13.2. The SMILES string of the molecule is CCC=CCCCCCCCCCCCC(C)CCC. The molecule has 0 nitrogen and oxygen atoms in total. The molecular weight excluding hydrogens is 240 g/mol. The van der Waals surface area contributed by atoms with E-state index < -0.39 is 0 Å². The Morgan fingerprint density at radius 3 is 1.75 bits per heavy atom. The van der Waals surface area contributed by atoms with Crippen LogP contribution < -0.4 is 0 Å². The predicted octanol–water partition coefficient (Wildman–Crippen LogP) is 7.68. The molecule has 20 heavy (non-hydrogen) atoms. The molecule has 0 aromatic carbocycles. The Hall–Kier alpha value is -0.260. The molecule has 0 radical (unpaired) electrons. The molecule has 0 N–H and O–H groups in total. The number of rotatable bonds is 15. The van der Waals surface area contributed by atoms with Crippen molar-refractivity contribution in [2.75, 3.05) is 0 Å². The van der Waals surface area contributed by atoms with Crippen molar-refractivity contribution in [2.24, 2.45) is 5.92 Å². The van der Waals surface area contributed by atoms with Crippen LogP contribution in [0.15, 0.2) is 12.2 Å². The zero-order valence-electron chi connectivity index (χ0n) is 14.6.